The number of carbonyl (C=O) groups is 1. The topological polar surface area (TPSA) is 59.3 Å². The van der Waals surface area contributed by atoms with Crippen LogP contribution in [0.5, 0.6) is 0 Å². The Morgan fingerprint density at radius 1 is 1.20 bits per heavy atom. The number of pyridine rings is 1. The minimum Gasteiger partial charge on any atom is -0.711 e. The molecule has 2 aromatic rings. The van der Waals surface area contributed by atoms with Crippen molar-refractivity contribution < 1.29 is 13.9 Å². The first-order valence-corrected chi connectivity index (χ1v) is 5.95. The molecule has 2 rings (SSSR count). The van der Waals surface area contributed by atoms with Gasteiger partial charge in [-0.05, 0) is 30.3 Å². The Hall–Kier alpha value is -2.63. The number of nitrogens with zero attached hydrogens (tertiary/aromatic N) is 2. The average molecular weight is 275 g/mol. The molecule has 0 spiro atoms. The first-order chi connectivity index (χ1) is 9.47. The van der Waals surface area contributed by atoms with Gasteiger partial charge in [-0.15, -0.1) is 0 Å². The molecular weight excluding hydrogens is 261 g/mol. The number of aromatic nitrogens is 1. The summed E-state index contributed by atoms with van der Waals surface area (Å²) in [5.41, 5.74) is 0.695. The van der Waals surface area contributed by atoms with E-state index in [1.807, 2.05) is 0 Å². The summed E-state index contributed by atoms with van der Waals surface area (Å²) in [6, 6.07) is 8.52. The van der Waals surface area contributed by atoms with E-state index in [2.05, 4.69) is 5.32 Å². The van der Waals surface area contributed by atoms with Crippen molar-refractivity contribution in [3.8, 4) is 0 Å². The molecule has 6 heteroatoms. The van der Waals surface area contributed by atoms with E-state index in [0.29, 0.717) is 16.2 Å². The number of amides is 1. The summed E-state index contributed by atoms with van der Waals surface area (Å²) in [7, 11) is 3.48. The van der Waals surface area contributed by atoms with Crippen LogP contribution in [0.1, 0.15) is 10.4 Å². The van der Waals surface area contributed by atoms with Crippen LogP contribution in [-0.4, -0.2) is 20.0 Å². The van der Waals surface area contributed by atoms with E-state index in [9.17, 15) is 14.4 Å². The summed E-state index contributed by atoms with van der Waals surface area (Å²) in [6.45, 7) is 0. The molecule has 0 aliphatic carbocycles. The molecule has 0 saturated carbocycles. The fraction of sp³-hybridized carbons (Fsp3) is 0.143. The molecule has 0 unspecified atom stereocenters. The van der Waals surface area contributed by atoms with Gasteiger partial charge in [-0.25, -0.2) is 9.12 Å². The second kappa shape index (κ2) is 5.56. The van der Waals surface area contributed by atoms with Gasteiger partial charge >= 0.3 is 0 Å². The number of carbonyl (C=O) groups excluding carboxylic acids is 1. The largest absolute Gasteiger partial charge is 0.711 e. The fourth-order valence-electron chi connectivity index (χ4n) is 1.69. The number of rotatable bonds is 3. The molecule has 1 amide bonds. The Balaban J connectivity index is 2.17. The Morgan fingerprint density at radius 3 is 2.40 bits per heavy atom. The number of nitrogens with one attached hydrogen (secondary N) is 1. The maximum Gasteiger partial charge on any atom is 0.279 e. The molecule has 0 fully saturated rings. The van der Waals surface area contributed by atoms with E-state index in [1.165, 1.54) is 30.5 Å². The first kappa shape index (κ1) is 13.8. The number of benzene rings is 1. The molecule has 0 saturated heterocycles. The van der Waals surface area contributed by atoms with Gasteiger partial charge in [0.05, 0.1) is 19.7 Å². The third kappa shape index (κ3) is 3.03. The highest BCUT2D eigenvalue weighted by atomic mass is 19.1. The molecule has 104 valence electrons. The molecular formula is C14H14FN3O2. The van der Waals surface area contributed by atoms with Gasteiger partial charge in [-0.2, -0.15) is 0 Å². The highest BCUT2D eigenvalue weighted by Crippen LogP contribution is 2.11. The zero-order valence-corrected chi connectivity index (χ0v) is 11.1. The summed E-state index contributed by atoms with van der Waals surface area (Å²) in [6.07, 6.45) is 1.20. The van der Waals surface area contributed by atoms with Crippen LogP contribution >= 0.6 is 0 Å². The Kier molecular flexibility index (Phi) is 3.84. The highest BCUT2D eigenvalue weighted by Gasteiger charge is 2.12. The second-order valence-corrected chi connectivity index (χ2v) is 4.46. The molecule has 0 radical (unpaired) electrons. The fourth-order valence-corrected chi connectivity index (χ4v) is 1.69. The highest BCUT2D eigenvalue weighted by molar-refractivity contribution is 6.03. The van der Waals surface area contributed by atoms with Crippen molar-refractivity contribution in [2.24, 2.45) is 0 Å². The molecule has 1 heterocycles. The van der Waals surface area contributed by atoms with Crippen molar-refractivity contribution >= 4 is 17.4 Å². The lowest BCUT2D eigenvalue weighted by Crippen LogP contribution is -2.35. The van der Waals surface area contributed by atoms with Gasteiger partial charge in [0.25, 0.3) is 11.7 Å². The van der Waals surface area contributed by atoms with Gasteiger partial charge in [-0.1, -0.05) is 0 Å². The summed E-state index contributed by atoms with van der Waals surface area (Å²) < 4.78 is 13.4. The van der Waals surface area contributed by atoms with E-state index in [1.54, 1.807) is 31.1 Å². The zero-order chi connectivity index (χ0) is 14.7. The average Bonchev–Trinajstić information content (AvgIpc) is 2.40. The normalized spacial score (nSPS) is 10.2. The van der Waals surface area contributed by atoms with E-state index in [0.717, 1.165) is 0 Å². The predicted molar refractivity (Wildman–Crippen MR) is 74.1 cm³/mol. The minimum atomic E-state index is -0.425. The van der Waals surface area contributed by atoms with Crippen LogP contribution in [0.4, 0.5) is 15.9 Å². The molecule has 0 aliphatic rings. The molecule has 1 aromatic carbocycles. The smallest absolute Gasteiger partial charge is 0.279 e. The number of hydrogen-bond donors (Lipinski definition) is 1. The van der Waals surface area contributed by atoms with Gasteiger partial charge in [0.1, 0.15) is 12.0 Å². The van der Waals surface area contributed by atoms with Crippen molar-refractivity contribution in [2.75, 3.05) is 24.3 Å². The first-order valence-electron chi connectivity index (χ1n) is 5.95. The third-order valence-corrected chi connectivity index (χ3v) is 2.72. The SMILES string of the molecule is CN(C)c1ccc(C(=O)Nc2ccc(F)cc2)c[n+]1[O-]. The number of halogens is 1. The summed E-state index contributed by atoms with van der Waals surface area (Å²) >= 11 is 0. The lowest BCUT2D eigenvalue weighted by molar-refractivity contribution is -0.592. The van der Waals surface area contributed by atoms with Crippen molar-refractivity contribution in [1.82, 2.24) is 0 Å². The Morgan fingerprint density at radius 2 is 1.85 bits per heavy atom. The lowest BCUT2D eigenvalue weighted by Gasteiger charge is -2.13. The van der Waals surface area contributed by atoms with Crippen molar-refractivity contribution in [3.05, 3.63) is 59.2 Å². The van der Waals surface area contributed by atoms with E-state index in [-0.39, 0.29) is 11.4 Å². The van der Waals surface area contributed by atoms with Crippen LogP contribution in [0.3, 0.4) is 0 Å². The molecule has 20 heavy (non-hydrogen) atoms. The van der Waals surface area contributed by atoms with Crippen LogP contribution < -0.4 is 14.9 Å². The van der Waals surface area contributed by atoms with Crippen LogP contribution in [0.2, 0.25) is 0 Å². The van der Waals surface area contributed by atoms with Crippen LogP contribution in [0.25, 0.3) is 0 Å². The Labute approximate surface area is 115 Å². The lowest BCUT2D eigenvalue weighted by atomic mass is 10.2. The summed E-state index contributed by atoms with van der Waals surface area (Å²) in [4.78, 5) is 13.6. The number of anilines is 2. The second-order valence-electron chi connectivity index (χ2n) is 4.46. The summed E-state index contributed by atoms with van der Waals surface area (Å²) in [5.74, 6) is -0.370. The van der Waals surface area contributed by atoms with Crippen molar-refractivity contribution in [3.63, 3.8) is 0 Å². The van der Waals surface area contributed by atoms with E-state index in [4.69, 9.17) is 0 Å². The molecule has 1 N–H and O–H groups in total. The Bertz CT molecular complexity index is 627. The van der Waals surface area contributed by atoms with Gasteiger partial charge in [0.2, 0.25) is 0 Å². The van der Waals surface area contributed by atoms with E-state index >= 15 is 0 Å². The maximum absolute atomic E-state index is 12.8. The minimum absolute atomic E-state index is 0.231. The van der Waals surface area contributed by atoms with Crippen molar-refractivity contribution in [2.45, 2.75) is 0 Å². The van der Waals surface area contributed by atoms with Crippen LogP contribution in [0.15, 0.2) is 42.6 Å². The third-order valence-electron chi connectivity index (χ3n) is 2.72. The standard InChI is InChI=1S/C14H14FN3O2/c1-17(2)13-8-3-10(9-18(13)20)14(19)16-12-6-4-11(15)5-7-12/h3-9H,1-2H3,(H,16,19). The quantitative estimate of drug-likeness (QED) is 0.686. The zero-order valence-electron chi connectivity index (χ0n) is 11.1. The summed E-state index contributed by atoms with van der Waals surface area (Å²) in [5, 5.41) is 14.3. The van der Waals surface area contributed by atoms with Gasteiger partial charge in [0.15, 0.2) is 0 Å². The molecule has 1 aromatic heterocycles. The van der Waals surface area contributed by atoms with Crippen LogP contribution in [0, 0.1) is 11.0 Å². The maximum atomic E-state index is 12.8. The van der Waals surface area contributed by atoms with Crippen LogP contribution in [-0.2, 0) is 0 Å². The number of hydrogen-bond acceptors (Lipinski definition) is 3. The van der Waals surface area contributed by atoms with E-state index < -0.39 is 5.91 Å². The predicted octanol–water partition coefficient (Wildman–Crippen LogP) is 1.78. The molecule has 0 bridgehead atoms. The molecule has 0 atom stereocenters. The van der Waals surface area contributed by atoms with Gasteiger partial charge < -0.3 is 10.5 Å². The molecule has 0 aliphatic heterocycles. The van der Waals surface area contributed by atoms with Crippen molar-refractivity contribution in [1.29, 1.82) is 0 Å². The van der Waals surface area contributed by atoms with Gasteiger partial charge in [-0.3, -0.25) is 9.69 Å². The monoisotopic (exact) mass is 275 g/mol. The molecule has 5 nitrogen and oxygen atoms in total. The van der Waals surface area contributed by atoms with Gasteiger partial charge in [0, 0.05) is 11.8 Å².